The second-order valence-corrected chi connectivity index (χ2v) is 6.29. The van der Waals surface area contributed by atoms with Gasteiger partial charge in [0.1, 0.15) is 0 Å². The molecule has 1 aliphatic heterocycles. The van der Waals surface area contributed by atoms with E-state index in [4.69, 9.17) is 0 Å². The average molecular weight is 311 g/mol. The molecule has 0 saturated carbocycles. The van der Waals surface area contributed by atoms with Crippen molar-refractivity contribution in [2.24, 2.45) is 0 Å². The van der Waals surface area contributed by atoms with Crippen LogP contribution in [0, 0.1) is 0 Å². The smallest absolute Gasteiger partial charge is 0.0294 e. The quantitative estimate of drug-likeness (QED) is 0.918. The first kappa shape index (κ1) is 14.0. The summed E-state index contributed by atoms with van der Waals surface area (Å²) in [6.07, 6.45) is 3.86. The first-order valence-corrected chi connectivity index (χ1v) is 7.64. The number of hydrogen-bond acceptors (Lipinski definition) is 2. The first-order chi connectivity index (χ1) is 8.65. The van der Waals surface area contributed by atoms with E-state index in [1.54, 1.807) is 0 Å². The zero-order valence-corrected chi connectivity index (χ0v) is 12.9. The average Bonchev–Trinajstić information content (AvgIpc) is 2.54. The zero-order valence-electron chi connectivity index (χ0n) is 11.3. The Balaban J connectivity index is 1.92. The molecule has 3 heteroatoms. The minimum atomic E-state index is 0.427. The van der Waals surface area contributed by atoms with Crippen molar-refractivity contribution in [2.45, 2.75) is 38.3 Å². The van der Waals surface area contributed by atoms with Crippen LogP contribution >= 0.6 is 15.9 Å². The highest BCUT2D eigenvalue weighted by molar-refractivity contribution is 9.10. The van der Waals surface area contributed by atoms with Crippen LogP contribution in [0.2, 0.25) is 0 Å². The van der Waals surface area contributed by atoms with Crippen LogP contribution in [-0.4, -0.2) is 31.1 Å². The van der Waals surface area contributed by atoms with Gasteiger partial charge in [-0.05, 0) is 64.0 Å². The van der Waals surface area contributed by atoms with E-state index in [1.165, 1.54) is 37.9 Å². The number of benzene rings is 1. The van der Waals surface area contributed by atoms with E-state index in [0.717, 1.165) is 4.47 Å². The van der Waals surface area contributed by atoms with E-state index < -0.39 is 0 Å². The molecule has 0 aromatic heterocycles. The van der Waals surface area contributed by atoms with E-state index in [-0.39, 0.29) is 0 Å². The fraction of sp³-hybridized carbons (Fsp3) is 0.600. The molecule has 1 aliphatic rings. The summed E-state index contributed by atoms with van der Waals surface area (Å²) < 4.78 is 1.16. The molecule has 2 rings (SSSR count). The lowest BCUT2D eigenvalue weighted by molar-refractivity contribution is 0.340. The highest BCUT2D eigenvalue weighted by Crippen LogP contribution is 2.20. The second-order valence-electron chi connectivity index (χ2n) is 5.37. The van der Waals surface area contributed by atoms with Gasteiger partial charge in [0, 0.05) is 16.6 Å². The van der Waals surface area contributed by atoms with Gasteiger partial charge in [-0.2, -0.15) is 0 Å². The Labute approximate surface area is 119 Å². The lowest BCUT2D eigenvalue weighted by atomic mass is 10.0. The van der Waals surface area contributed by atoms with Gasteiger partial charge in [0.05, 0.1) is 0 Å². The maximum atomic E-state index is 3.78. The van der Waals surface area contributed by atoms with Gasteiger partial charge in [-0.15, -0.1) is 0 Å². The van der Waals surface area contributed by atoms with Gasteiger partial charge >= 0.3 is 0 Å². The van der Waals surface area contributed by atoms with Crippen LogP contribution in [0.5, 0.6) is 0 Å². The van der Waals surface area contributed by atoms with Crippen molar-refractivity contribution >= 4 is 15.9 Å². The van der Waals surface area contributed by atoms with Gasteiger partial charge in [0.2, 0.25) is 0 Å². The number of nitrogens with zero attached hydrogens (tertiary/aromatic N) is 1. The highest BCUT2D eigenvalue weighted by atomic mass is 79.9. The third kappa shape index (κ3) is 4.08. The highest BCUT2D eigenvalue weighted by Gasteiger charge is 2.17. The maximum Gasteiger partial charge on any atom is 0.0294 e. The molecule has 1 aromatic carbocycles. The van der Waals surface area contributed by atoms with Crippen molar-refractivity contribution < 1.29 is 0 Å². The summed E-state index contributed by atoms with van der Waals surface area (Å²) in [6, 6.07) is 9.68. The molecule has 0 aliphatic carbocycles. The third-order valence-corrected chi connectivity index (χ3v) is 4.28. The van der Waals surface area contributed by atoms with E-state index in [9.17, 15) is 0 Å². The summed E-state index contributed by atoms with van der Waals surface area (Å²) in [5.74, 6) is 0. The molecule has 1 N–H and O–H groups in total. The summed E-state index contributed by atoms with van der Waals surface area (Å²) in [5.41, 5.74) is 1.36. The lowest BCUT2D eigenvalue weighted by Gasteiger charge is -2.22. The maximum absolute atomic E-state index is 3.78. The molecule has 1 heterocycles. The Kier molecular flexibility index (Phi) is 5.22. The fourth-order valence-corrected chi connectivity index (χ4v) is 3.05. The van der Waals surface area contributed by atoms with E-state index in [1.807, 2.05) is 0 Å². The SMILES string of the molecule is C[C@@H](NC1CCCN(C)CC1)c1cccc(Br)c1. The topological polar surface area (TPSA) is 15.3 Å². The Morgan fingerprint density at radius 3 is 2.94 bits per heavy atom. The fourth-order valence-electron chi connectivity index (χ4n) is 2.63. The number of nitrogens with one attached hydrogen (secondary N) is 1. The van der Waals surface area contributed by atoms with E-state index in [2.05, 4.69) is 64.4 Å². The molecule has 2 nitrogen and oxygen atoms in total. The monoisotopic (exact) mass is 310 g/mol. The summed E-state index contributed by atoms with van der Waals surface area (Å²) in [6.45, 7) is 4.71. The van der Waals surface area contributed by atoms with Crippen LogP contribution in [0.1, 0.15) is 37.8 Å². The van der Waals surface area contributed by atoms with Crippen LogP contribution in [0.4, 0.5) is 0 Å². The van der Waals surface area contributed by atoms with Crippen molar-refractivity contribution in [3.8, 4) is 0 Å². The van der Waals surface area contributed by atoms with Gasteiger partial charge in [0.15, 0.2) is 0 Å². The molecule has 100 valence electrons. The number of likely N-dealkylation sites (tertiary alicyclic amines) is 1. The Hall–Kier alpha value is -0.380. The van der Waals surface area contributed by atoms with Gasteiger partial charge in [-0.3, -0.25) is 0 Å². The van der Waals surface area contributed by atoms with Crippen LogP contribution in [0.25, 0.3) is 0 Å². The number of rotatable bonds is 3. The number of halogens is 1. The predicted octanol–water partition coefficient (Wildman–Crippen LogP) is 3.58. The van der Waals surface area contributed by atoms with Crippen molar-refractivity contribution in [1.82, 2.24) is 10.2 Å². The normalized spacial score (nSPS) is 23.6. The first-order valence-electron chi connectivity index (χ1n) is 6.85. The summed E-state index contributed by atoms with van der Waals surface area (Å²) >= 11 is 3.54. The molecule has 1 fully saturated rings. The van der Waals surface area contributed by atoms with Crippen molar-refractivity contribution in [1.29, 1.82) is 0 Å². The van der Waals surface area contributed by atoms with Gasteiger partial charge in [0.25, 0.3) is 0 Å². The van der Waals surface area contributed by atoms with Gasteiger partial charge < -0.3 is 10.2 Å². The van der Waals surface area contributed by atoms with Crippen molar-refractivity contribution in [2.75, 3.05) is 20.1 Å². The van der Waals surface area contributed by atoms with Gasteiger partial charge in [-0.25, -0.2) is 0 Å². The molecular formula is C15H23BrN2. The van der Waals surface area contributed by atoms with E-state index >= 15 is 0 Å². The molecule has 0 spiro atoms. The zero-order chi connectivity index (χ0) is 13.0. The second kappa shape index (κ2) is 6.69. The van der Waals surface area contributed by atoms with E-state index in [0.29, 0.717) is 12.1 Å². The standard InChI is InChI=1S/C15H23BrN2/c1-12(13-5-3-6-14(16)11-13)17-15-7-4-9-18(2)10-8-15/h3,5-6,11-12,15,17H,4,7-10H2,1-2H3/t12-,15?/m1/s1. The predicted molar refractivity (Wildman–Crippen MR) is 80.8 cm³/mol. The molecule has 0 radical (unpaired) electrons. The Bertz CT molecular complexity index is 381. The Morgan fingerprint density at radius 2 is 2.17 bits per heavy atom. The molecule has 1 unspecified atom stereocenters. The third-order valence-electron chi connectivity index (χ3n) is 3.79. The molecule has 1 aromatic rings. The summed E-state index contributed by atoms with van der Waals surface area (Å²) in [7, 11) is 2.22. The largest absolute Gasteiger partial charge is 0.307 e. The molecular weight excluding hydrogens is 288 g/mol. The summed E-state index contributed by atoms with van der Waals surface area (Å²) in [4.78, 5) is 2.44. The molecule has 0 bridgehead atoms. The minimum absolute atomic E-state index is 0.427. The van der Waals surface area contributed by atoms with Crippen molar-refractivity contribution in [3.05, 3.63) is 34.3 Å². The van der Waals surface area contributed by atoms with Crippen LogP contribution in [0.15, 0.2) is 28.7 Å². The minimum Gasteiger partial charge on any atom is -0.307 e. The number of hydrogen-bond donors (Lipinski definition) is 1. The Morgan fingerprint density at radius 1 is 1.33 bits per heavy atom. The molecule has 1 saturated heterocycles. The van der Waals surface area contributed by atoms with Crippen molar-refractivity contribution in [3.63, 3.8) is 0 Å². The summed E-state index contributed by atoms with van der Waals surface area (Å²) in [5, 5.41) is 3.78. The molecule has 18 heavy (non-hydrogen) atoms. The van der Waals surface area contributed by atoms with Crippen LogP contribution in [-0.2, 0) is 0 Å². The lowest BCUT2D eigenvalue weighted by Crippen LogP contribution is -2.32. The van der Waals surface area contributed by atoms with Crippen LogP contribution < -0.4 is 5.32 Å². The van der Waals surface area contributed by atoms with Crippen LogP contribution in [0.3, 0.4) is 0 Å². The molecule has 2 atom stereocenters. The molecule has 0 amide bonds. The van der Waals surface area contributed by atoms with Gasteiger partial charge in [-0.1, -0.05) is 28.1 Å².